The molecule has 15 heavy (non-hydrogen) atoms. The lowest BCUT2D eigenvalue weighted by atomic mass is 10.1. The van der Waals surface area contributed by atoms with Crippen LogP contribution in [0.4, 0.5) is 0 Å². The third-order valence-electron chi connectivity index (χ3n) is 2.19. The minimum atomic E-state index is -3.58. The number of benzene rings is 1. The van der Waals surface area contributed by atoms with Crippen molar-refractivity contribution in [3.8, 4) is 5.75 Å². The Morgan fingerprint density at radius 1 is 1.33 bits per heavy atom. The van der Waals surface area contributed by atoms with Gasteiger partial charge in [-0.15, -0.1) is 0 Å². The normalized spacial score (nSPS) is 17.6. The van der Waals surface area contributed by atoms with Gasteiger partial charge in [0.15, 0.2) is 0 Å². The van der Waals surface area contributed by atoms with Crippen LogP contribution in [0.15, 0.2) is 17.0 Å². The fourth-order valence-electron chi connectivity index (χ4n) is 1.51. The molecule has 0 saturated heterocycles. The second-order valence-corrected chi connectivity index (χ2v) is 6.78. The third kappa shape index (κ3) is 1.44. The number of hydrogen-bond donors (Lipinski definition) is 0. The molecule has 0 radical (unpaired) electrons. The van der Waals surface area contributed by atoms with E-state index < -0.39 is 14.0 Å². The van der Waals surface area contributed by atoms with Crippen molar-refractivity contribution in [2.24, 2.45) is 0 Å². The molecule has 4 nitrogen and oxygen atoms in total. The molecule has 0 fully saturated rings. The summed E-state index contributed by atoms with van der Waals surface area (Å²) in [5.74, 6) is 0.231. The highest BCUT2D eigenvalue weighted by atomic mass is 33.1. The molecule has 1 aliphatic rings. The van der Waals surface area contributed by atoms with Gasteiger partial charge in [0, 0.05) is 0 Å². The van der Waals surface area contributed by atoms with Crippen LogP contribution in [0.1, 0.15) is 15.9 Å². The molecule has 0 spiro atoms. The largest absolute Gasteiger partial charge is 0.495 e. The molecule has 0 aromatic heterocycles. The molecule has 0 N–H and O–H groups in total. The Morgan fingerprint density at radius 2 is 2.00 bits per heavy atom. The predicted molar refractivity (Wildman–Crippen MR) is 56.8 cm³/mol. The molecule has 0 saturated carbocycles. The minimum Gasteiger partial charge on any atom is -0.495 e. The maximum absolute atomic E-state index is 11.7. The summed E-state index contributed by atoms with van der Waals surface area (Å²) in [4.78, 5) is 11.5. The van der Waals surface area contributed by atoms with E-state index >= 15 is 0 Å². The molecule has 1 heterocycles. The summed E-state index contributed by atoms with van der Waals surface area (Å²) < 4.78 is 28.3. The maximum atomic E-state index is 11.7. The van der Waals surface area contributed by atoms with Crippen LogP contribution in [0.5, 0.6) is 5.75 Å². The molecule has 0 amide bonds. The lowest BCUT2D eigenvalue weighted by molar-refractivity contribution is 0.108. The van der Waals surface area contributed by atoms with E-state index in [-0.39, 0.29) is 16.2 Å². The van der Waals surface area contributed by atoms with Crippen molar-refractivity contribution in [3.63, 3.8) is 0 Å². The number of rotatable bonds is 1. The van der Waals surface area contributed by atoms with Gasteiger partial charge in [-0.05, 0) is 18.6 Å². The van der Waals surface area contributed by atoms with Gasteiger partial charge in [-0.2, -0.15) is 0 Å². The van der Waals surface area contributed by atoms with Gasteiger partial charge in [0.05, 0.1) is 23.5 Å². The van der Waals surface area contributed by atoms with Crippen LogP contribution in [-0.4, -0.2) is 20.6 Å². The lowest BCUT2D eigenvalue weighted by Gasteiger charge is -2.06. The smallest absolute Gasteiger partial charge is 0.242 e. The molecule has 0 aliphatic carbocycles. The summed E-state index contributed by atoms with van der Waals surface area (Å²) in [5.41, 5.74) is 0.906. The fraction of sp³-hybridized carbons (Fsp3) is 0.222. The van der Waals surface area contributed by atoms with Gasteiger partial charge >= 0.3 is 0 Å². The average molecular weight is 244 g/mol. The highest BCUT2D eigenvalue weighted by Crippen LogP contribution is 2.44. The first-order chi connectivity index (χ1) is 6.97. The molecule has 1 aliphatic heterocycles. The molecule has 80 valence electrons. The second-order valence-electron chi connectivity index (χ2n) is 3.11. The van der Waals surface area contributed by atoms with E-state index in [1.54, 1.807) is 19.1 Å². The van der Waals surface area contributed by atoms with Crippen LogP contribution >= 0.6 is 10.8 Å². The van der Waals surface area contributed by atoms with E-state index in [2.05, 4.69) is 0 Å². The Balaban J connectivity index is 2.89. The van der Waals surface area contributed by atoms with E-state index in [0.717, 1.165) is 0 Å². The SMILES string of the molecule is COc1ccc(C)c2c1S(=O)(=O)SC2=O. The number of methoxy groups -OCH3 is 1. The first kappa shape index (κ1) is 10.5. The zero-order valence-corrected chi connectivity index (χ0v) is 9.74. The van der Waals surface area contributed by atoms with Crippen LogP contribution < -0.4 is 4.74 Å². The number of fused-ring (bicyclic) bond motifs is 1. The van der Waals surface area contributed by atoms with Crippen LogP contribution in [0.2, 0.25) is 0 Å². The molecule has 1 aromatic carbocycles. The Kier molecular flexibility index (Phi) is 2.27. The Bertz CT molecular complexity index is 545. The zero-order valence-electron chi connectivity index (χ0n) is 8.10. The fourth-order valence-corrected chi connectivity index (χ4v) is 4.70. The lowest BCUT2D eigenvalue weighted by Crippen LogP contribution is -1.98. The highest BCUT2D eigenvalue weighted by Gasteiger charge is 2.38. The standard InChI is InChI=1S/C9H8O4S2/c1-5-3-4-6(13-2)8-7(5)9(10)14-15(8,11)12/h3-4H,1-2H3. The van der Waals surface area contributed by atoms with Crippen molar-refractivity contribution in [2.75, 3.05) is 7.11 Å². The Labute approximate surface area is 90.9 Å². The summed E-state index contributed by atoms with van der Waals surface area (Å²) in [6.45, 7) is 1.71. The zero-order chi connectivity index (χ0) is 11.2. The van der Waals surface area contributed by atoms with Gasteiger partial charge in [0.2, 0.25) is 14.0 Å². The first-order valence-electron chi connectivity index (χ1n) is 4.14. The number of carbonyl (C=O) groups is 1. The van der Waals surface area contributed by atoms with Crippen LogP contribution in [0, 0.1) is 6.92 Å². The molecule has 0 bridgehead atoms. The van der Waals surface area contributed by atoms with Crippen molar-refractivity contribution in [1.82, 2.24) is 0 Å². The molecule has 0 unspecified atom stereocenters. The van der Waals surface area contributed by atoms with E-state index in [4.69, 9.17) is 4.74 Å². The number of aryl methyl sites for hydroxylation is 1. The molecule has 1 aromatic rings. The second kappa shape index (κ2) is 3.24. The Hall–Kier alpha value is -1.01. The monoisotopic (exact) mass is 244 g/mol. The number of hydrogen-bond acceptors (Lipinski definition) is 5. The van der Waals surface area contributed by atoms with Gasteiger partial charge in [-0.1, -0.05) is 6.07 Å². The van der Waals surface area contributed by atoms with Crippen LogP contribution in [-0.2, 0) is 8.87 Å². The highest BCUT2D eigenvalue weighted by molar-refractivity contribution is 8.78. The predicted octanol–water partition coefficient (Wildman–Crippen LogP) is 1.58. The first-order valence-corrected chi connectivity index (χ1v) is 6.95. The molecular formula is C9H8O4S2. The number of ether oxygens (including phenoxy) is 1. The third-order valence-corrected chi connectivity index (χ3v) is 5.28. The number of carbonyl (C=O) groups excluding carboxylic acids is 1. The average Bonchev–Trinajstić information content (AvgIpc) is 2.39. The summed E-state index contributed by atoms with van der Waals surface area (Å²) in [6, 6.07) is 3.24. The van der Waals surface area contributed by atoms with E-state index in [1.165, 1.54) is 7.11 Å². The topological polar surface area (TPSA) is 60.4 Å². The van der Waals surface area contributed by atoms with Crippen LogP contribution in [0.3, 0.4) is 0 Å². The van der Waals surface area contributed by atoms with E-state index in [1.807, 2.05) is 0 Å². The Morgan fingerprint density at radius 3 is 2.60 bits per heavy atom. The molecule has 6 heteroatoms. The minimum absolute atomic E-state index is 0.0139. The van der Waals surface area contributed by atoms with Crippen molar-refractivity contribution in [2.45, 2.75) is 11.8 Å². The van der Waals surface area contributed by atoms with Gasteiger partial charge in [-0.3, -0.25) is 4.79 Å². The van der Waals surface area contributed by atoms with Gasteiger partial charge < -0.3 is 4.74 Å². The van der Waals surface area contributed by atoms with Crippen LogP contribution in [0.25, 0.3) is 0 Å². The molecular weight excluding hydrogens is 236 g/mol. The summed E-state index contributed by atoms with van der Waals surface area (Å²) >= 11 is 0. The van der Waals surface area contributed by atoms with E-state index in [9.17, 15) is 13.2 Å². The maximum Gasteiger partial charge on any atom is 0.242 e. The van der Waals surface area contributed by atoms with Crippen molar-refractivity contribution < 1.29 is 17.9 Å². The quantitative estimate of drug-likeness (QED) is 0.702. The molecule has 0 atom stereocenters. The summed E-state index contributed by atoms with van der Waals surface area (Å²) in [7, 11) is -1.85. The van der Waals surface area contributed by atoms with Gasteiger partial charge in [0.1, 0.15) is 10.6 Å². The van der Waals surface area contributed by atoms with E-state index in [0.29, 0.717) is 16.4 Å². The molecule has 2 rings (SSSR count). The van der Waals surface area contributed by atoms with Crippen molar-refractivity contribution in [1.29, 1.82) is 0 Å². The van der Waals surface area contributed by atoms with Crippen molar-refractivity contribution >= 4 is 24.8 Å². The van der Waals surface area contributed by atoms with Gasteiger partial charge in [-0.25, -0.2) is 8.42 Å². The summed E-state index contributed by atoms with van der Waals surface area (Å²) in [5, 5.41) is -0.429. The van der Waals surface area contributed by atoms with Crippen molar-refractivity contribution in [3.05, 3.63) is 23.3 Å². The summed E-state index contributed by atoms with van der Waals surface area (Å²) in [6.07, 6.45) is 0. The van der Waals surface area contributed by atoms with Gasteiger partial charge in [0.25, 0.3) is 0 Å².